The maximum atomic E-state index is 13.4. The molecule has 2 aliphatic rings. The molecule has 0 saturated heterocycles. The van der Waals surface area contributed by atoms with Crippen LogP contribution in [0.1, 0.15) is 30.0 Å². The van der Waals surface area contributed by atoms with Gasteiger partial charge in [0, 0.05) is 30.6 Å². The van der Waals surface area contributed by atoms with Crippen LogP contribution in [0.3, 0.4) is 0 Å². The molecule has 0 saturated carbocycles. The van der Waals surface area contributed by atoms with Crippen molar-refractivity contribution in [2.75, 3.05) is 19.0 Å². The second-order valence-corrected chi connectivity index (χ2v) is 7.82. The van der Waals surface area contributed by atoms with Gasteiger partial charge in [0.25, 0.3) is 5.56 Å². The Labute approximate surface area is 167 Å². The number of para-hydroxylation sites is 1. The van der Waals surface area contributed by atoms with E-state index >= 15 is 0 Å². The molecule has 3 aromatic rings. The summed E-state index contributed by atoms with van der Waals surface area (Å²) >= 11 is 0. The number of cyclic esters (lactones) is 1. The number of hydrogen-bond acceptors (Lipinski definition) is 6. The molecule has 0 aliphatic carbocycles. The summed E-state index contributed by atoms with van der Waals surface area (Å²) in [4.78, 5) is 32.5. The van der Waals surface area contributed by atoms with Crippen molar-refractivity contribution in [2.24, 2.45) is 0 Å². The number of pyridine rings is 2. The summed E-state index contributed by atoms with van der Waals surface area (Å²) in [5.41, 5.74) is 2.34. The van der Waals surface area contributed by atoms with Gasteiger partial charge in [-0.2, -0.15) is 0 Å². The largest absolute Gasteiger partial charge is 0.458 e. The first kappa shape index (κ1) is 17.9. The van der Waals surface area contributed by atoms with Crippen LogP contribution in [-0.4, -0.2) is 34.7 Å². The van der Waals surface area contributed by atoms with Gasteiger partial charge in [-0.25, -0.2) is 9.78 Å². The first-order chi connectivity index (χ1) is 13.9. The van der Waals surface area contributed by atoms with Gasteiger partial charge in [0.2, 0.25) is 0 Å². The Morgan fingerprint density at radius 3 is 2.76 bits per heavy atom. The molecule has 0 spiro atoms. The SMILES string of the molecule is CC[C@@]1(O)C(=O)OCc2c1c(N(C)C)c1n(c2=O)Cc2cc3ccccc3nc2-1. The van der Waals surface area contributed by atoms with Crippen LogP contribution in [-0.2, 0) is 28.3 Å². The molecule has 0 unspecified atom stereocenters. The maximum Gasteiger partial charge on any atom is 0.343 e. The third-order valence-electron chi connectivity index (χ3n) is 5.95. The van der Waals surface area contributed by atoms with Gasteiger partial charge in [-0.3, -0.25) is 4.79 Å². The van der Waals surface area contributed by atoms with E-state index < -0.39 is 11.6 Å². The number of hydrogen-bond donors (Lipinski definition) is 1. The average Bonchev–Trinajstić information content (AvgIpc) is 3.07. The van der Waals surface area contributed by atoms with Crippen molar-refractivity contribution in [3.8, 4) is 11.4 Å². The van der Waals surface area contributed by atoms with Crippen LogP contribution in [0.25, 0.3) is 22.3 Å². The molecule has 0 fully saturated rings. The van der Waals surface area contributed by atoms with Crippen LogP contribution in [0, 0.1) is 0 Å². The molecular formula is C22H21N3O4. The minimum atomic E-state index is -1.86. The Hall–Kier alpha value is -3.19. The Balaban J connectivity index is 1.92. The maximum absolute atomic E-state index is 13.4. The van der Waals surface area contributed by atoms with E-state index in [0.29, 0.717) is 34.7 Å². The summed E-state index contributed by atoms with van der Waals surface area (Å²) in [5, 5.41) is 12.2. The third-order valence-corrected chi connectivity index (χ3v) is 5.95. The minimum Gasteiger partial charge on any atom is -0.458 e. The van der Waals surface area contributed by atoms with Crippen molar-refractivity contribution in [1.29, 1.82) is 0 Å². The van der Waals surface area contributed by atoms with E-state index in [-0.39, 0.29) is 18.6 Å². The van der Waals surface area contributed by atoms with Gasteiger partial charge in [-0.15, -0.1) is 0 Å². The lowest BCUT2D eigenvalue weighted by Crippen LogP contribution is -2.45. The molecule has 29 heavy (non-hydrogen) atoms. The predicted molar refractivity (Wildman–Crippen MR) is 109 cm³/mol. The van der Waals surface area contributed by atoms with Crippen molar-refractivity contribution in [2.45, 2.75) is 32.1 Å². The molecule has 1 aromatic carbocycles. The summed E-state index contributed by atoms with van der Waals surface area (Å²) in [5.74, 6) is -0.718. The van der Waals surface area contributed by atoms with E-state index in [9.17, 15) is 14.7 Å². The summed E-state index contributed by atoms with van der Waals surface area (Å²) < 4.78 is 6.87. The number of fused-ring (bicyclic) bond motifs is 5. The Morgan fingerprint density at radius 2 is 2.03 bits per heavy atom. The van der Waals surface area contributed by atoms with E-state index in [2.05, 4.69) is 6.07 Å². The second-order valence-electron chi connectivity index (χ2n) is 7.82. The molecule has 2 aliphatic heterocycles. The topological polar surface area (TPSA) is 84.7 Å². The van der Waals surface area contributed by atoms with Crippen LogP contribution < -0.4 is 10.5 Å². The van der Waals surface area contributed by atoms with Crippen molar-refractivity contribution < 1.29 is 14.6 Å². The van der Waals surface area contributed by atoms with Crippen LogP contribution >= 0.6 is 0 Å². The lowest BCUT2D eigenvalue weighted by Gasteiger charge is -2.35. The molecular weight excluding hydrogens is 370 g/mol. The van der Waals surface area contributed by atoms with Gasteiger partial charge in [0.05, 0.1) is 34.7 Å². The third kappa shape index (κ3) is 2.25. The normalized spacial score (nSPS) is 19.5. The number of benzene rings is 1. The summed E-state index contributed by atoms with van der Waals surface area (Å²) in [6, 6.07) is 9.86. The van der Waals surface area contributed by atoms with Gasteiger partial charge in [0.1, 0.15) is 6.61 Å². The Kier molecular flexibility index (Phi) is 3.64. The van der Waals surface area contributed by atoms with Crippen LogP contribution in [0.5, 0.6) is 0 Å². The number of esters is 1. The molecule has 5 rings (SSSR count). The van der Waals surface area contributed by atoms with Crippen LogP contribution in [0.2, 0.25) is 0 Å². The fraction of sp³-hybridized carbons (Fsp3) is 0.318. The summed E-state index contributed by atoms with van der Waals surface area (Å²) in [6.45, 7) is 1.97. The number of anilines is 1. The van der Waals surface area contributed by atoms with Crippen molar-refractivity contribution >= 4 is 22.6 Å². The highest BCUT2D eigenvalue weighted by Gasteiger charge is 2.48. The number of nitrogens with zero attached hydrogens (tertiary/aromatic N) is 3. The van der Waals surface area contributed by atoms with Gasteiger partial charge < -0.3 is 19.3 Å². The molecule has 1 atom stereocenters. The Morgan fingerprint density at radius 1 is 1.28 bits per heavy atom. The minimum absolute atomic E-state index is 0.112. The zero-order valence-electron chi connectivity index (χ0n) is 16.5. The molecule has 7 heteroatoms. The van der Waals surface area contributed by atoms with Crippen molar-refractivity contribution in [3.05, 3.63) is 57.4 Å². The smallest absolute Gasteiger partial charge is 0.343 e. The molecule has 0 bridgehead atoms. The van der Waals surface area contributed by atoms with Gasteiger partial charge >= 0.3 is 5.97 Å². The van der Waals surface area contributed by atoms with Gasteiger partial charge in [0.15, 0.2) is 5.60 Å². The molecule has 2 aromatic heterocycles. The average molecular weight is 391 g/mol. The van der Waals surface area contributed by atoms with E-state index in [0.717, 1.165) is 16.5 Å². The van der Waals surface area contributed by atoms with E-state index in [4.69, 9.17) is 9.72 Å². The first-order valence-corrected chi connectivity index (χ1v) is 9.63. The number of aromatic nitrogens is 2. The number of carbonyl (C=O) groups is 1. The molecule has 1 N–H and O–H groups in total. The Bertz CT molecular complexity index is 1260. The molecule has 148 valence electrons. The second kappa shape index (κ2) is 5.90. The van der Waals surface area contributed by atoms with Crippen molar-refractivity contribution in [1.82, 2.24) is 9.55 Å². The van der Waals surface area contributed by atoms with E-state index in [1.165, 1.54) is 0 Å². The zero-order chi connectivity index (χ0) is 20.5. The standard InChI is InChI=1S/C22H21N3O4/c1-4-22(28)16-14(11-29-21(22)27)20(26)25-10-13-9-12-7-5-6-8-15(12)23-17(13)19(25)18(16)24(2)3/h5-9,28H,4,10-11H2,1-3H3/t22-/m0/s1. The summed E-state index contributed by atoms with van der Waals surface area (Å²) in [6.07, 6.45) is 0.112. The van der Waals surface area contributed by atoms with Crippen LogP contribution in [0.15, 0.2) is 35.1 Å². The highest BCUT2D eigenvalue weighted by Crippen LogP contribution is 2.46. The van der Waals surface area contributed by atoms with E-state index in [1.807, 2.05) is 43.3 Å². The molecule has 0 amide bonds. The number of carbonyl (C=O) groups excluding carboxylic acids is 1. The fourth-order valence-corrected chi connectivity index (χ4v) is 4.50. The molecule has 0 radical (unpaired) electrons. The number of ether oxygens (including phenoxy) is 1. The lowest BCUT2D eigenvalue weighted by atomic mass is 9.84. The van der Waals surface area contributed by atoms with E-state index in [1.54, 1.807) is 11.5 Å². The monoisotopic (exact) mass is 391 g/mol. The summed E-state index contributed by atoms with van der Waals surface area (Å²) in [7, 11) is 3.69. The molecule has 4 heterocycles. The first-order valence-electron chi connectivity index (χ1n) is 9.63. The van der Waals surface area contributed by atoms with Crippen molar-refractivity contribution in [3.63, 3.8) is 0 Å². The van der Waals surface area contributed by atoms with Gasteiger partial charge in [-0.05, 0) is 18.6 Å². The molecule has 7 nitrogen and oxygen atoms in total. The number of rotatable bonds is 2. The van der Waals surface area contributed by atoms with Gasteiger partial charge in [-0.1, -0.05) is 25.1 Å². The predicted octanol–water partition coefficient (Wildman–Crippen LogP) is 2.15. The zero-order valence-corrected chi connectivity index (χ0v) is 16.5. The lowest BCUT2D eigenvalue weighted by molar-refractivity contribution is -0.172. The number of aliphatic hydroxyl groups is 1. The highest BCUT2D eigenvalue weighted by atomic mass is 16.6. The highest BCUT2D eigenvalue weighted by molar-refractivity contribution is 5.92. The quantitative estimate of drug-likeness (QED) is 0.527. The fourth-order valence-electron chi connectivity index (χ4n) is 4.50. The van der Waals surface area contributed by atoms with Crippen LogP contribution in [0.4, 0.5) is 5.69 Å².